The summed E-state index contributed by atoms with van der Waals surface area (Å²) in [4.78, 5) is 12.7. The molecule has 0 bridgehead atoms. The van der Waals surface area contributed by atoms with Gasteiger partial charge in [0.1, 0.15) is 0 Å². The summed E-state index contributed by atoms with van der Waals surface area (Å²) in [5.41, 5.74) is 1.58. The Morgan fingerprint density at radius 3 is 2.75 bits per heavy atom. The van der Waals surface area contributed by atoms with Crippen LogP contribution in [0.5, 0.6) is 0 Å². The normalized spacial score (nSPS) is 17.8. The smallest absolute Gasteiger partial charge is 0.233 e. The minimum Gasteiger partial charge on any atom is -0.384 e. The average molecular weight is 388 g/mol. The van der Waals surface area contributed by atoms with Gasteiger partial charge in [0.05, 0.1) is 12.0 Å². The van der Waals surface area contributed by atoms with E-state index in [0.29, 0.717) is 6.61 Å². The Bertz CT molecular complexity index is 479. The molecule has 1 amide bonds. The van der Waals surface area contributed by atoms with Crippen LogP contribution in [-0.4, -0.2) is 32.7 Å². The predicted octanol–water partition coefficient (Wildman–Crippen LogP) is 2.55. The fraction of sp³-hybridized carbons (Fsp3) is 0.533. The van der Waals surface area contributed by atoms with Crippen LogP contribution in [0.4, 0.5) is 5.69 Å². The molecule has 20 heavy (non-hydrogen) atoms. The number of benzene rings is 1. The van der Waals surface area contributed by atoms with E-state index in [-0.39, 0.29) is 5.91 Å². The van der Waals surface area contributed by atoms with Gasteiger partial charge in [-0.3, -0.25) is 4.79 Å². The second kappa shape index (κ2) is 6.87. The molecule has 1 heterocycles. The standard InChI is InChI=1S/C15H21IN2O2/c1-11-9-12(16)3-4-13(11)18-14(19)15(10-20-2)5-7-17-8-6-15/h3-4,9,17H,5-8,10H2,1-2H3,(H,18,19). The number of aryl methyl sites for hydroxylation is 1. The molecule has 1 aromatic rings. The number of amides is 1. The van der Waals surface area contributed by atoms with Crippen molar-refractivity contribution in [2.45, 2.75) is 19.8 Å². The summed E-state index contributed by atoms with van der Waals surface area (Å²) in [5.74, 6) is 0.0742. The first kappa shape index (κ1) is 15.7. The van der Waals surface area contributed by atoms with Gasteiger partial charge in [-0.2, -0.15) is 0 Å². The summed E-state index contributed by atoms with van der Waals surface area (Å²) in [6.45, 7) is 4.22. The Kier molecular flexibility index (Phi) is 5.40. The zero-order chi connectivity index (χ0) is 14.6. The van der Waals surface area contributed by atoms with Crippen LogP contribution >= 0.6 is 22.6 Å². The molecular formula is C15H21IN2O2. The van der Waals surface area contributed by atoms with Gasteiger partial charge in [0, 0.05) is 16.4 Å². The number of nitrogens with one attached hydrogen (secondary N) is 2. The van der Waals surface area contributed by atoms with E-state index in [4.69, 9.17) is 4.74 Å². The lowest BCUT2D eigenvalue weighted by Gasteiger charge is -2.35. The van der Waals surface area contributed by atoms with E-state index >= 15 is 0 Å². The summed E-state index contributed by atoms with van der Waals surface area (Å²) in [6, 6.07) is 6.05. The molecule has 0 aromatic heterocycles. The van der Waals surface area contributed by atoms with Gasteiger partial charge in [-0.15, -0.1) is 0 Å². The Morgan fingerprint density at radius 1 is 1.45 bits per heavy atom. The second-order valence-corrected chi connectivity index (χ2v) is 6.62. The van der Waals surface area contributed by atoms with Crippen LogP contribution in [0.3, 0.4) is 0 Å². The van der Waals surface area contributed by atoms with Gasteiger partial charge >= 0.3 is 0 Å². The number of rotatable bonds is 4. The van der Waals surface area contributed by atoms with Crippen molar-refractivity contribution < 1.29 is 9.53 Å². The summed E-state index contributed by atoms with van der Waals surface area (Å²) in [6.07, 6.45) is 1.63. The number of carbonyl (C=O) groups is 1. The maximum Gasteiger partial charge on any atom is 0.233 e. The zero-order valence-corrected chi connectivity index (χ0v) is 14.1. The van der Waals surface area contributed by atoms with Crippen LogP contribution in [-0.2, 0) is 9.53 Å². The van der Waals surface area contributed by atoms with Crippen molar-refractivity contribution in [2.75, 3.05) is 32.1 Å². The highest BCUT2D eigenvalue weighted by atomic mass is 127. The van der Waals surface area contributed by atoms with Crippen LogP contribution in [0.25, 0.3) is 0 Å². The Labute approximate surface area is 133 Å². The Balaban J connectivity index is 2.15. The van der Waals surface area contributed by atoms with Crippen molar-refractivity contribution in [3.05, 3.63) is 27.3 Å². The maximum absolute atomic E-state index is 12.7. The van der Waals surface area contributed by atoms with Crippen LogP contribution < -0.4 is 10.6 Å². The molecule has 0 unspecified atom stereocenters. The van der Waals surface area contributed by atoms with Gasteiger partial charge in [0.15, 0.2) is 0 Å². The molecule has 4 nitrogen and oxygen atoms in total. The molecule has 1 saturated heterocycles. The van der Waals surface area contributed by atoms with E-state index in [1.807, 2.05) is 19.1 Å². The van der Waals surface area contributed by atoms with Crippen molar-refractivity contribution >= 4 is 34.2 Å². The van der Waals surface area contributed by atoms with Gasteiger partial charge < -0.3 is 15.4 Å². The van der Waals surface area contributed by atoms with E-state index in [0.717, 1.165) is 37.2 Å². The van der Waals surface area contributed by atoms with E-state index in [9.17, 15) is 4.79 Å². The van der Waals surface area contributed by atoms with E-state index in [1.165, 1.54) is 3.57 Å². The monoisotopic (exact) mass is 388 g/mol. The highest BCUT2D eigenvalue weighted by Crippen LogP contribution is 2.31. The van der Waals surface area contributed by atoms with Gasteiger partial charge in [-0.25, -0.2) is 0 Å². The molecule has 0 radical (unpaired) electrons. The molecule has 0 aliphatic carbocycles. The third-order valence-electron chi connectivity index (χ3n) is 3.90. The van der Waals surface area contributed by atoms with Crippen LogP contribution in [0, 0.1) is 15.9 Å². The Hall–Kier alpha value is -0.660. The zero-order valence-electron chi connectivity index (χ0n) is 12.0. The lowest BCUT2D eigenvalue weighted by Crippen LogP contribution is -2.47. The molecule has 1 aliphatic heterocycles. The number of hydrogen-bond acceptors (Lipinski definition) is 3. The molecular weight excluding hydrogens is 367 g/mol. The summed E-state index contributed by atoms with van der Waals surface area (Å²) in [7, 11) is 1.66. The number of piperidine rings is 1. The van der Waals surface area contributed by atoms with Crippen molar-refractivity contribution in [3.63, 3.8) is 0 Å². The molecule has 1 aromatic carbocycles. The third kappa shape index (κ3) is 3.51. The van der Waals surface area contributed by atoms with Crippen LogP contribution in [0.15, 0.2) is 18.2 Å². The largest absolute Gasteiger partial charge is 0.384 e. The first-order valence-corrected chi connectivity index (χ1v) is 7.92. The number of hydrogen-bond donors (Lipinski definition) is 2. The SMILES string of the molecule is COCC1(C(=O)Nc2ccc(I)cc2C)CCNCC1. The van der Waals surface area contributed by atoms with E-state index < -0.39 is 5.41 Å². The Morgan fingerprint density at radius 2 is 2.15 bits per heavy atom. The fourth-order valence-corrected chi connectivity index (χ4v) is 3.29. The van der Waals surface area contributed by atoms with Gasteiger partial charge in [0.25, 0.3) is 0 Å². The summed E-state index contributed by atoms with van der Waals surface area (Å²) >= 11 is 2.27. The first-order valence-electron chi connectivity index (χ1n) is 6.85. The van der Waals surface area contributed by atoms with Gasteiger partial charge in [-0.05, 0) is 79.2 Å². The minimum absolute atomic E-state index is 0.0742. The van der Waals surface area contributed by atoms with Crippen molar-refractivity contribution in [2.24, 2.45) is 5.41 Å². The molecule has 2 rings (SSSR count). The lowest BCUT2D eigenvalue weighted by molar-refractivity contribution is -0.130. The fourth-order valence-electron chi connectivity index (χ4n) is 2.64. The second-order valence-electron chi connectivity index (χ2n) is 5.38. The summed E-state index contributed by atoms with van der Waals surface area (Å²) in [5, 5.41) is 6.38. The topological polar surface area (TPSA) is 50.4 Å². The van der Waals surface area contributed by atoms with Gasteiger partial charge in [-0.1, -0.05) is 0 Å². The highest BCUT2D eigenvalue weighted by Gasteiger charge is 2.39. The molecule has 0 saturated carbocycles. The number of ether oxygens (including phenoxy) is 1. The maximum atomic E-state index is 12.7. The predicted molar refractivity (Wildman–Crippen MR) is 88.9 cm³/mol. The minimum atomic E-state index is -0.407. The highest BCUT2D eigenvalue weighted by molar-refractivity contribution is 14.1. The first-order chi connectivity index (χ1) is 9.57. The lowest BCUT2D eigenvalue weighted by atomic mass is 9.78. The average Bonchev–Trinajstić information content (AvgIpc) is 2.43. The number of methoxy groups -OCH3 is 1. The van der Waals surface area contributed by atoms with Gasteiger partial charge in [0.2, 0.25) is 5.91 Å². The quantitative estimate of drug-likeness (QED) is 0.780. The number of halogens is 1. The molecule has 1 aliphatic rings. The van der Waals surface area contributed by atoms with Crippen molar-refractivity contribution in [1.82, 2.24) is 5.32 Å². The number of anilines is 1. The van der Waals surface area contributed by atoms with Crippen molar-refractivity contribution in [3.8, 4) is 0 Å². The third-order valence-corrected chi connectivity index (χ3v) is 4.57. The molecule has 5 heteroatoms. The molecule has 0 atom stereocenters. The van der Waals surface area contributed by atoms with Crippen LogP contribution in [0.2, 0.25) is 0 Å². The van der Waals surface area contributed by atoms with E-state index in [2.05, 4.69) is 39.3 Å². The molecule has 0 spiro atoms. The van der Waals surface area contributed by atoms with Crippen molar-refractivity contribution in [1.29, 1.82) is 0 Å². The summed E-state index contributed by atoms with van der Waals surface area (Å²) < 4.78 is 6.48. The number of carbonyl (C=O) groups excluding carboxylic acids is 1. The molecule has 110 valence electrons. The van der Waals surface area contributed by atoms with E-state index in [1.54, 1.807) is 7.11 Å². The molecule has 2 N–H and O–H groups in total. The van der Waals surface area contributed by atoms with Crippen LogP contribution in [0.1, 0.15) is 18.4 Å². The molecule has 1 fully saturated rings.